The fourth-order valence-corrected chi connectivity index (χ4v) is 0.978. The van der Waals surface area contributed by atoms with E-state index >= 15 is 0 Å². The first kappa shape index (κ1) is 9.66. The second kappa shape index (κ2) is 4.00. The standard InChI is InChI=1S/C10H10BNO/c1-7(2)13-9-3-4-10(11)8(5-9)6-12/h3-5,7H,1-2H3. The van der Waals surface area contributed by atoms with E-state index in [2.05, 4.69) is 0 Å². The molecule has 64 valence electrons. The minimum atomic E-state index is 0.107. The summed E-state index contributed by atoms with van der Waals surface area (Å²) in [5, 5.41) is 8.69. The molecule has 0 N–H and O–H groups in total. The zero-order valence-electron chi connectivity index (χ0n) is 7.74. The lowest BCUT2D eigenvalue weighted by Crippen LogP contribution is -2.10. The fraction of sp³-hybridized carbons (Fsp3) is 0.300. The van der Waals surface area contributed by atoms with Crippen molar-refractivity contribution >= 4 is 13.3 Å². The number of nitrogens with zero attached hydrogens (tertiary/aromatic N) is 1. The van der Waals surface area contributed by atoms with E-state index in [-0.39, 0.29) is 6.10 Å². The Balaban J connectivity index is 2.95. The molecule has 0 aliphatic carbocycles. The SMILES string of the molecule is [B]c1ccc(OC(C)C)cc1C#N. The summed E-state index contributed by atoms with van der Waals surface area (Å²) in [5.41, 5.74) is 0.941. The lowest BCUT2D eigenvalue weighted by Gasteiger charge is -2.10. The maximum absolute atomic E-state index is 8.69. The Labute approximate surface area is 79.5 Å². The molecule has 2 radical (unpaired) electrons. The van der Waals surface area contributed by atoms with Crippen LogP contribution < -0.4 is 10.2 Å². The molecule has 0 aromatic heterocycles. The van der Waals surface area contributed by atoms with Crippen molar-refractivity contribution in [2.75, 3.05) is 0 Å². The van der Waals surface area contributed by atoms with Gasteiger partial charge in [-0.2, -0.15) is 5.26 Å². The molecule has 0 atom stereocenters. The largest absolute Gasteiger partial charge is 0.491 e. The number of rotatable bonds is 2. The molecule has 0 saturated heterocycles. The molecule has 0 aliphatic rings. The molecule has 0 amide bonds. The second-order valence-corrected chi connectivity index (χ2v) is 3.03. The smallest absolute Gasteiger partial charge is 0.120 e. The minimum absolute atomic E-state index is 0.107. The van der Waals surface area contributed by atoms with Gasteiger partial charge >= 0.3 is 0 Å². The highest BCUT2D eigenvalue weighted by Gasteiger charge is 2.01. The van der Waals surface area contributed by atoms with Crippen LogP contribution in [0.4, 0.5) is 0 Å². The third-order valence-electron chi connectivity index (χ3n) is 1.52. The first-order valence-electron chi connectivity index (χ1n) is 4.09. The van der Waals surface area contributed by atoms with Crippen LogP contribution in [0.5, 0.6) is 5.75 Å². The molecule has 0 aliphatic heterocycles. The number of hydrogen-bond acceptors (Lipinski definition) is 2. The minimum Gasteiger partial charge on any atom is -0.491 e. The van der Waals surface area contributed by atoms with Crippen LogP contribution >= 0.6 is 0 Å². The van der Waals surface area contributed by atoms with Crippen molar-refractivity contribution in [3.05, 3.63) is 23.8 Å². The van der Waals surface area contributed by atoms with Gasteiger partial charge in [0.2, 0.25) is 0 Å². The van der Waals surface area contributed by atoms with Gasteiger partial charge in [-0.15, -0.1) is 0 Å². The molecule has 0 saturated carbocycles. The van der Waals surface area contributed by atoms with Gasteiger partial charge in [0.1, 0.15) is 13.6 Å². The van der Waals surface area contributed by atoms with Crippen molar-refractivity contribution in [2.24, 2.45) is 0 Å². The van der Waals surface area contributed by atoms with Crippen LogP contribution in [-0.2, 0) is 0 Å². The van der Waals surface area contributed by atoms with Gasteiger partial charge in [0.15, 0.2) is 0 Å². The maximum atomic E-state index is 8.69. The Hall–Kier alpha value is -1.43. The summed E-state index contributed by atoms with van der Waals surface area (Å²) < 4.78 is 5.40. The predicted octanol–water partition coefficient (Wildman–Crippen LogP) is 1.14. The lowest BCUT2D eigenvalue weighted by atomic mass is 9.91. The molecule has 2 nitrogen and oxygen atoms in total. The average Bonchev–Trinajstić information content (AvgIpc) is 2.07. The number of benzene rings is 1. The average molecular weight is 171 g/mol. The normalized spacial score (nSPS) is 9.69. The predicted molar refractivity (Wildman–Crippen MR) is 52.3 cm³/mol. The van der Waals surface area contributed by atoms with Crippen LogP contribution in [0.2, 0.25) is 0 Å². The zero-order chi connectivity index (χ0) is 9.84. The van der Waals surface area contributed by atoms with E-state index < -0.39 is 0 Å². The van der Waals surface area contributed by atoms with Crippen molar-refractivity contribution in [1.29, 1.82) is 5.26 Å². The summed E-state index contributed by atoms with van der Waals surface area (Å²) in [6.45, 7) is 3.87. The summed E-state index contributed by atoms with van der Waals surface area (Å²) in [5.74, 6) is 0.681. The Bertz CT molecular complexity index is 341. The van der Waals surface area contributed by atoms with Crippen LogP contribution in [-0.4, -0.2) is 14.0 Å². The molecule has 0 bridgehead atoms. The Morgan fingerprint density at radius 1 is 1.46 bits per heavy atom. The third-order valence-corrected chi connectivity index (χ3v) is 1.52. The monoisotopic (exact) mass is 171 g/mol. The molecule has 0 spiro atoms. The van der Waals surface area contributed by atoms with Crippen LogP contribution in [0.1, 0.15) is 19.4 Å². The summed E-state index contributed by atoms with van der Waals surface area (Å²) >= 11 is 0. The van der Waals surface area contributed by atoms with E-state index in [1.165, 1.54) is 0 Å². The van der Waals surface area contributed by atoms with E-state index in [1.807, 2.05) is 19.9 Å². The molecule has 1 aromatic carbocycles. The van der Waals surface area contributed by atoms with Crippen molar-refractivity contribution in [3.63, 3.8) is 0 Å². The van der Waals surface area contributed by atoms with Crippen molar-refractivity contribution in [1.82, 2.24) is 0 Å². The molecule has 1 aromatic rings. The van der Waals surface area contributed by atoms with Crippen molar-refractivity contribution in [3.8, 4) is 11.8 Å². The van der Waals surface area contributed by atoms with Gasteiger partial charge in [-0.05, 0) is 26.0 Å². The van der Waals surface area contributed by atoms with Gasteiger partial charge in [-0.1, -0.05) is 11.5 Å². The van der Waals surface area contributed by atoms with Crippen LogP contribution in [0.3, 0.4) is 0 Å². The zero-order valence-corrected chi connectivity index (χ0v) is 7.74. The van der Waals surface area contributed by atoms with Gasteiger partial charge < -0.3 is 4.74 Å². The van der Waals surface area contributed by atoms with E-state index in [1.54, 1.807) is 18.2 Å². The molecule has 0 fully saturated rings. The molecular weight excluding hydrogens is 161 g/mol. The molecule has 0 unspecified atom stereocenters. The highest BCUT2D eigenvalue weighted by atomic mass is 16.5. The molecular formula is C10H10BNO. The van der Waals surface area contributed by atoms with Crippen LogP contribution in [0.25, 0.3) is 0 Å². The Kier molecular flexibility index (Phi) is 2.97. The van der Waals surface area contributed by atoms with Crippen molar-refractivity contribution < 1.29 is 4.74 Å². The van der Waals surface area contributed by atoms with E-state index in [0.717, 1.165) is 0 Å². The van der Waals surface area contributed by atoms with E-state index in [0.29, 0.717) is 16.8 Å². The van der Waals surface area contributed by atoms with Gasteiger partial charge in [-0.25, -0.2) is 0 Å². The van der Waals surface area contributed by atoms with Gasteiger partial charge in [-0.3, -0.25) is 0 Å². The first-order valence-corrected chi connectivity index (χ1v) is 4.09. The second-order valence-electron chi connectivity index (χ2n) is 3.03. The highest BCUT2D eigenvalue weighted by Crippen LogP contribution is 2.12. The summed E-state index contributed by atoms with van der Waals surface area (Å²) in [6, 6.07) is 7.09. The summed E-state index contributed by atoms with van der Waals surface area (Å²) in [7, 11) is 5.55. The van der Waals surface area contributed by atoms with Gasteiger partial charge in [0.05, 0.1) is 12.2 Å². The molecule has 0 heterocycles. The topological polar surface area (TPSA) is 33.0 Å². The van der Waals surface area contributed by atoms with E-state index in [4.69, 9.17) is 17.8 Å². The number of ether oxygens (including phenoxy) is 1. The maximum Gasteiger partial charge on any atom is 0.120 e. The molecule has 13 heavy (non-hydrogen) atoms. The summed E-state index contributed by atoms with van der Waals surface area (Å²) in [4.78, 5) is 0. The molecule has 1 rings (SSSR count). The first-order chi connectivity index (χ1) is 6.13. The number of hydrogen-bond donors (Lipinski definition) is 0. The summed E-state index contributed by atoms with van der Waals surface area (Å²) in [6.07, 6.45) is 0.107. The van der Waals surface area contributed by atoms with Crippen LogP contribution in [0, 0.1) is 11.3 Å². The van der Waals surface area contributed by atoms with Gasteiger partial charge in [0, 0.05) is 5.56 Å². The van der Waals surface area contributed by atoms with Gasteiger partial charge in [0.25, 0.3) is 0 Å². The third kappa shape index (κ3) is 2.52. The van der Waals surface area contributed by atoms with E-state index in [9.17, 15) is 0 Å². The van der Waals surface area contributed by atoms with Crippen molar-refractivity contribution in [2.45, 2.75) is 20.0 Å². The highest BCUT2D eigenvalue weighted by molar-refractivity contribution is 6.33. The number of nitriles is 1. The Morgan fingerprint density at radius 2 is 2.15 bits per heavy atom. The van der Waals surface area contributed by atoms with Crippen LogP contribution in [0.15, 0.2) is 18.2 Å². The quantitative estimate of drug-likeness (QED) is 0.625. The Morgan fingerprint density at radius 3 is 2.69 bits per heavy atom. The lowest BCUT2D eigenvalue weighted by molar-refractivity contribution is 0.242. The fourth-order valence-electron chi connectivity index (χ4n) is 0.978. The molecule has 3 heteroatoms.